The molecule has 0 amide bonds. The number of hydrogen-bond acceptors (Lipinski definition) is 5. The van der Waals surface area contributed by atoms with Gasteiger partial charge < -0.3 is 19.9 Å². The fourth-order valence-electron chi connectivity index (χ4n) is 1.95. The number of fused-ring (bicyclic) bond motifs is 1. The molecule has 0 saturated carbocycles. The average molecular weight is 338 g/mol. The highest BCUT2D eigenvalue weighted by atomic mass is 16.3. The molecular weight excluding hydrogens is 316 g/mol. The molecule has 2 aromatic rings. The van der Waals surface area contributed by atoms with Crippen LogP contribution in [0.5, 0.6) is 5.75 Å². The lowest BCUT2D eigenvalue weighted by Crippen LogP contribution is -2.05. The van der Waals surface area contributed by atoms with Crippen molar-refractivity contribution in [1.82, 2.24) is 10.3 Å². The van der Waals surface area contributed by atoms with Gasteiger partial charge in [0.25, 0.3) is 0 Å². The second-order valence-electron chi connectivity index (χ2n) is 4.81. The van der Waals surface area contributed by atoms with E-state index < -0.39 is 0 Å². The quantitative estimate of drug-likeness (QED) is 0.422. The number of rotatable bonds is 6. The minimum Gasteiger partial charge on any atom is -0.508 e. The molecule has 1 aromatic heterocycles. The highest BCUT2D eigenvalue weighted by Crippen LogP contribution is 2.21. The second-order valence-corrected chi connectivity index (χ2v) is 4.81. The molecule has 5 heteroatoms. The third-order valence-electron chi connectivity index (χ3n) is 3.12. The molecule has 5 nitrogen and oxygen atoms in total. The van der Waals surface area contributed by atoms with Gasteiger partial charge in [-0.05, 0) is 32.2 Å². The number of hydrogen-bond donors (Lipinski definition) is 3. The van der Waals surface area contributed by atoms with E-state index in [1.54, 1.807) is 42.5 Å². The summed E-state index contributed by atoms with van der Waals surface area (Å²) in [7, 11) is 1.82. The number of allylic oxidation sites excluding steroid dienone is 4. The van der Waals surface area contributed by atoms with Crippen LogP contribution >= 0.6 is 0 Å². The number of aromatic nitrogens is 1. The summed E-state index contributed by atoms with van der Waals surface area (Å²) in [5.74, 6) is 0.821. The van der Waals surface area contributed by atoms with Gasteiger partial charge in [0, 0.05) is 24.3 Å². The monoisotopic (exact) mass is 338 g/mol. The summed E-state index contributed by atoms with van der Waals surface area (Å²) >= 11 is 0. The van der Waals surface area contributed by atoms with Crippen molar-refractivity contribution in [2.45, 2.75) is 6.92 Å². The van der Waals surface area contributed by atoms with E-state index >= 15 is 0 Å². The van der Waals surface area contributed by atoms with Gasteiger partial charge in [-0.3, -0.25) is 0 Å². The molecule has 1 heterocycles. The Morgan fingerprint density at radius 2 is 2.08 bits per heavy atom. The van der Waals surface area contributed by atoms with Crippen molar-refractivity contribution in [3.05, 3.63) is 65.8 Å². The van der Waals surface area contributed by atoms with Crippen LogP contribution < -0.4 is 5.32 Å². The molecule has 0 fully saturated rings. The van der Waals surface area contributed by atoms with Crippen LogP contribution in [0.1, 0.15) is 12.8 Å². The van der Waals surface area contributed by atoms with Crippen molar-refractivity contribution >= 4 is 17.2 Å². The molecular formula is C20H22N2O3. The molecule has 0 unspecified atom stereocenters. The van der Waals surface area contributed by atoms with E-state index in [1.165, 1.54) is 6.07 Å². The molecule has 0 aliphatic heterocycles. The van der Waals surface area contributed by atoms with E-state index in [9.17, 15) is 10.2 Å². The zero-order chi connectivity index (χ0) is 18.7. The Labute approximate surface area is 147 Å². The second kappa shape index (κ2) is 10.5. The average Bonchev–Trinajstić information content (AvgIpc) is 3.03. The molecule has 0 atom stereocenters. The van der Waals surface area contributed by atoms with Gasteiger partial charge in [0.1, 0.15) is 17.0 Å². The molecule has 3 N–H and O–H groups in total. The van der Waals surface area contributed by atoms with Crippen LogP contribution in [-0.4, -0.2) is 28.8 Å². The Morgan fingerprint density at radius 1 is 1.32 bits per heavy atom. The van der Waals surface area contributed by atoms with Crippen LogP contribution in [0.2, 0.25) is 0 Å². The van der Waals surface area contributed by atoms with E-state index in [1.807, 2.05) is 20.0 Å². The molecule has 0 saturated heterocycles. The topological polar surface area (TPSA) is 78.5 Å². The van der Waals surface area contributed by atoms with Gasteiger partial charge >= 0.3 is 0 Å². The molecule has 0 radical (unpaired) electrons. The third kappa shape index (κ3) is 6.05. The Hall–Kier alpha value is -3.23. The normalized spacial score (nSPS) is 12.6. The Kier molecular flexibility index (Phi) is 8.34. The molecule has 0 aliphatic rings. The van der Waals surface area contributed by atoms with Crippen LogP contribution in [0.3, 0.4) is 0 Å². The number of aromatic hydroxyl groups is 1. The smallest absolute Gasteiger partial charge is 0.219 e. The van der Waals surface area contributed by atoms with Crippen LogP contribution in [-0.2, 0) is 0 Å². The number of aliphatic hydroxyl groups is 1. The zero-order valence-corrected chi connectivity index (χ0v) is 14.3. The molecule has 0 spiro atoms. The number of benzene rings is 1. The number of nitrogens with one attached hydrogen (secondary N) is 1. The first kappa shape index (κ1) is 19.8. The van der Waals surface area contributed by atoms with Gasteiger partial charge in [-0.15, -0.1) is 12.8 Å². The van der Waals surface area contributed by atoms with Gasteiger partial charge in [-0.1, -0.05) is 24.3 Å². The minimum atomic E-state index is 0.144. The summed E-state index contributed by atoms with van der Waals surface area (Å²) in [6, 6.07) is 4.79. The largest absolute Gasteiger partial charge is 0.508 e. The van der Waals surface area contributed by atoms with E-state index in [0.29, 0.717) is 23.5 Å². The predicted molar refractivity (Wildman–Crippen MR) is 102 cm³/mol. The van der Waals surface area contributed by atoms with Gasteiger partial charge in [0.2, 0.25) is 5.89 Å². The Morgan fingerprint density at radius 3 is 2.76 bits per heavy atom. The fraction of sp³-hybridized carbons (Fsp3) is 0.150. The minimum absolute atomic E-state index is 0.144. The van der Waals surface area contributed by atoms with Crippen LogP contribution in [0.4, 0.5) is 0 Å². The maximum atomic E-state index is 9.90. The summed E-state index contributed by atoms with van der Waals surface area (Å²) in [6.45, 7) is 2.46. The number of nitrogens with zero attached hydrogens (tertiary/aromatic N) is 1. The highest BCUT2D eigenvalue weighted by Gasteiger charge is 2.03. The number of terminal acetylenes is 1. The van der Waals surface area contributed by atoms with Crippen molar-refractivity contribution in [2.75, 3.05) is 13.6 Å². The van der Waals surface area contributed by atoms with E-state index in [4.69, 9.17) is 4.42 Å². The van der Waals surface area contributed by atoms with Gasteiger partial charge in [0.15, 0.2) is 5.58 Å². The molecule has 1 aromatic carbocycles. The Bertz CT molecular complexity index is 824. The third-order valence-corrected chi connectivity index (χ3v) is 3.12. The Balaban J connectivity index is 0.00000151. The molecule has 0 bridgehead atoms. The summed E-state index contributed by atoms with van der Waals surface area (Å²) < 4.78 is 5.51. The SMILES string of the molecule is C#C.C/C=C(/C=C/C=C/c1nc2ccc(O)cc2o1)C(\O)=C/CNC. The maximum absolute atomic E-state index is 9.90. The zero-order valence-electron chi connectivity index (χ0n) is 14.3. The summed E-state index contributed by atoms with van der Waals surface area (Å²) in [4.78, 5) is 4.28. The number of phenols is 1. The first-order chi connectivity index (χ1) is 12.1. The molecule has 0 aliphatic carbocycles. The lowest BCUT2D eigenvalue weighted by atomic mass is 10.2. The van der Waals surface area contributed by atoms with Crippen LogP contribution in [0.15, 0.2) is 64.3 Å². The van der Waals surface area contributed by atoms with E-state index in [-0.39, 0.29) is 11.5 Å². The fourth-order valence-corrected chi connectivity index (χ4v) is 1.95. The van der Waals surface area contributed by atoms with E-state index in [2.05, 4.69) is 23.1 Å². The highest BCUT2D eigenvalue weighted by molar-refractivity contribution is 5.75. The molecule has 25 heavy (non-hydrogen) atoms. The van der Waals surface area contributed by atoms with Crippen LogP contribution in [0, 0.1) is 12.8 Å². The lowest BCUT2D eigenvalue weighted by Gasteiger charge is -1.99. The van der Waals surface area contributed by atoms with Crippen LogP contribution in [0.25, 0.3) is 17.2 Å². The summed E-state index contributed by atoms with van der Waals surface area (Å²) in [5, 5.41) is 22.2. The number of likely N-dealkylation sites (N-methyl/N-ethyl adjacent to an activating group) is 1. The van der Waals surface area contributed by atoms with Crippen molar-refractivity contribution in [3.8, 4) is 18.6 Å². The maximum Gasteiger partial charge on any atom is 0.219 e. The van der Waals surface area contributed by atoms with Gasteiger partial charge in [-0.25, -0.2) is 4.98 Å². The number of aliphatic hydroxyl groups excluding tert-OH is 1. The molecule has 2 rings (SSSR count). The first-order valence-electron chi connectivity index (χ1n) is 7.62. The van der Waals surface area contributed by atoms with Crippen molar-refractivity contribution < 1.29 is 14.6 Å². The number of phenolic OH excluding ortho intramolecular Hbond substituents is 1. The first-order valence-corrected chi connectivity index (χ1v) is 7.62. The van der Waals surface area contributed by atoms with Crippen molar-refractivity contribution in [2.24, 2.45) is 0 Å². The summed E-state index contributed by atoms with van der Waals surface area (Å²) in [6.07, 6.45) is 18.6. The predicted octanol–water partition coefficient (Wildman–Crippen LogP) is 3.96. The lowest BCUT2D eigenvalue weighted by molar-refractivity contribution is 0.423. The molecule has 130 valence electrons. The van der Waals surface area contributed by atoms with Gasteiger partial charge in [0.05, 0.1) is 0 Å². The number of oxazole rings is 1. The van der Waals surface area contributed by atoms with Crippen molar-refractivity contribution in [1.29, 1.82) is 0 Å². The van der Waals surface area contributed by atoms with Crippen molar-refractivity contribution in [3.63, 3.8) is 0 Å². The summed E-state index contributed by atoms with van der Waals surface area (Å²) in [5.41, 5.74) is 1.95. The van der Waals surface area contributed by atoms with E-state index in [0.717, 1.165) is 5.57 Å². The van der Waals surface area contributed by atoms with Gasteiger partial charge in [-0.2, -0.15) is 0 Å². The standard InChI is InChI=1S/C18H20N2O3.C2H2/c1-3-13(16(22)10-11-19-2)6-4-5-7-18-20-15-9-8-14(21)12-17(15)23-18;1-2/h3-10,12,19,21-22H,11H2,1-2H3;1-2H/b6-4+,7-5+,13-3-,16-10+;.